The van der Waals surface area contributed by atoms with Crippen LogP contribution >= 0.6 is 0 Å². The van der Waals surface area contributed by atoms with Gasteiger partial charge in [0.2, 0.25) is 0 Å². The van der Waals surface area contributed by atoms with Gasteiger partial charge in [-0.1, -0.05) is 5.16 Å². The summed E-state index contributed by atoms with van der Waals surface area (Å²) in [5.41, 5.74) is 3.26. The van der Waals surface area contributed by atoms with E-state index in [4.69, 9.17) is 14.0 Å². The monoisotopic (exact) mass is 406 g/mol. The summed E-state index contributed by atoms with van der Waals surface area (Å²) in [5, 5.41) is 3.98. The highest BCUT2D eigenvalue weighted by atomic mass is 16.6. The number of fused-ring (bicyclic) bond motifs is 1. The van der Waals surface area contributed by atoms with Gasteiger partial charge in [-0.3, -0.25) is 4.79 Å². The summed E-state index contributed by atoms with van der Waals surface area (Å²) in [4.78, 5) is 23.6. The molecule has 8 heteroatoms. The molecule has 2 aliphatic heterocycles. The normalized spacial score (nSPS) is 16.5. The molecule has 3 aromatic rings. The summed E-state index contributed by atoms with van der Waals surface area (Å²) < 4.78 is 16.6. The molecule has 1 fully saturated rings. The molecule has 2 aliphatic rings. The van der Waals surface area contributed by atoms with Crippen molar-refractivity contribution in [1.82, 2.24) is 20.0 Å². The van der Waals surface area contributed by atoms with Crippen molar-refractivity contribution in [3.63, 3.8) is 0 Å². The third kappa shape index (κ3) is 3.49. The molecule has 0 spiro atoms. The fourth-order valence-corrected chi connectivity index (χ4v) is 4.06. The van der Waals surface area contributed by atoms with Gasteiger partial charge in [0, 0.05) is 36.8 Å². The van der Waals surface area contributed by atoms with Crippen LogP contribution in [0.15, 0.2) is 41.3 Å². The van der Waals surface area contributed by atoms with Crippen molar-refractivity contribution >= 4 is 5.91 Å². The number of amides is 1. The van der Waals surface area contributed by atoms with Crippen LogP contribution < -0.4 is 9.47 Å². The first kappa shape index (κ1) is 18.6. The zero-order valence-corrected chi connectivity index (χ0v) is 16.7. The molecule has 0 atom stereocenters. The largest absolute Gasteiger partial charge is 0.486 e. The summed E-state index contributed by atoms with van der Waals surface area (Å²) in [5.74, 6) is 2.25. The van der Waals surface area contributed by atoms with Gasteiger partial charge in [-0.05, 0) is 38.0 Å². The van der Waals surface area contributed by atoms with E-state index in [2.05, 4.69) is 15.1 Å². The molecule has 0 N–H and O–H groups in total. The standard InChI is InChI=1S/C22H22N4O4/c1-14-10-19(30-25-14)17-12-23-13-24-21(17)15-4-6-26(7-5-15)22(27)16-2-3-18-20(11-16)29-9-8-28-18/h2-3,10-13,15H,4-9H2,1H3. The van der Waals surface area contributed by atoms with Gasteiger partial charge in [0.25, 0.3) is 5.91 Å². The van der Waals surface area contributed by atoms with Crippen LogP contribution in [0, 0.1) is 6.92 Å². The summed E-state index contributed by atoms with van der Waals surface area (Å²) in [6, 6.07) is 7.28. The van der Waals surface area contributed by atoms with Crippen LogP contribution in [-0.2, 0) is 0 Å². The lowest BCUT2D eigenvalue weighted by Crippen LogP contribution is -2.38. The SMILES string of the molecule is Cc1cc(-c2cncnc2C2CCN(C(=O)c3ccc4c(c3)OCCO4)CC2)on1. The lowest BCUT2D eigenvalue weighted by Gasteiger charge is -2.32. The second kappa shape index (κ2) is 7.78. The minimum absolute atomic E-state index is 0.0131. The number of hydrogen-bond donors (Lipinski definition) is 0. The van der Waals surface area contributed by atoms with Crippen molar-refractivity contribution in [3.05, 3.63) is 53.7 Å². The molecular weight excluding hydrogens is 384 g/mol. The Morgan fingerprint density at radius 3 is 2.67 bits per heavy atom. The Hall–Kier alpha value is -3.42. The second-order valence-corrected chi connectivity index (χ2v) is 7.58. The number of piperidine rings is 1. The van der Waals surface area contributed by atoms with E-state index in [1.54, 1.807) is 30.7 Å². The molecule has 5 rings (SSSR count). The molecule has 1 aromatic carbocycles. The summed E-state index contributed by atoms with van der Waals surface area (Å²) in [7, 11) is 0. The first-order valence-electron chi connectivity index (χ1n) is 10.1. The smallest absolute Gasteiger partial charge is 0.253 e. The van der Waals surface area contributed by atoms with E-state index in [1.165, 1.54) is 0 Å². The molecule has 0 bridgehead atoms. The molecule has 8 nitrogen and oxygen atoms in total. The minimum Gasteiger partial charge on any atom is -0.486 e. The topological polar surface area (TPSA) is 90.6 Å². The summed E-state index contributed by atoms with van der Waals surface area (Å²) >= 11 is 0. The maximum Gasteiger partial charge on any atom is 0.253 e. The Kier molecular flexibility index (Phi) is 4.82. The zero-order valence-electron chi connectivity index (χ0n) is 16.7. The third-order valence-electron chi connectivity index (χ3n) is 5.59. The number of benzene rings is 1. The Balaban J connectivity index is 1.30. The molecule has 0 saturated carbocycles. The van der Waals surface area contributed by atoms with E-state index in [9.17, 15) is 4.79 Å². The van der Waals surface area contributed by atoms with Crippen LogP contribution in [0.4, 0.5) is 0 Å². The van der Waals surface area contributed by atoms with E-state index < -0.39 is 0 Å². The number of ether oxygens (including phenoxy) is 2. The fourth-order valence-electron chi connectivity index (χ4n) is 4.06. The molecule has 4 heterocycles. The number of carbonyl (C=O) groups is 1. The van der Waals surface area contributed by atoms with E-state index in [-0.39, 0.29) is 11.8 Å². The highest BCUT2D eigenvalue weighted by Crippen LogP contribution is 2.35. The molecule has 30 heavy (non-hydrogen) atoms. The van der Waals surface area contributed by atoms with Crippen LogP contribution in [0.1, 0.15) is 40.5 Å². The number of carbonyl (C=O) groups excluding carboxylic acids is 1. The lowest BCUT2D eigenvalue weighted by molar-refractivity contribution is 0.0711. The molecule has 1 saturated heterocycles. The van der Waals surface area contributed by atoms with Gasteiger partial charge in [0.15, 0.2) is 17.3 Å². The fraction of sp³-hybridized carbons (Fsp3) is 0.364. The van der Waals surface area contributed by atoms with Crippen molar-refractivity contribution in [2.24, 2.45) is 0 Å². The van der Waals surface area contributed by atoms with E-state index in [0.717, 1.165) is 29.8 Å². The molecule has 154 valence electrons. The number of likely N-dealkylation sites (tertiary alicyclic amines) is 1. The minimum atomic E-state index is 0.0131. The van der Waals surface area contributed by atoms with Gasteiger partial charge in [-0.2, -0.15) is 0 Å². The molecular formula is C22H22N4O4. The zero-order chi connectivity index (χ0) is 20.5. The second-order valence-electron chi connectivity index (χ2n) is 7.58. The van der Waals surface area contributed by atoms with Gasteiger partial charge < -0.3 is 18.9 Å². The first-order valence-corrected chi connectivity index (χ1v) is 10.1. The summed E-state index contributed by atoms with van der Waals surface area (Å²) in [6.07, 6.45) is 4.99. The Morgan fingerprint density at radius 1 is 1.10 bits per heavy atom. The van der Waals surface area contributed by atoms with Crippen LogP contribution in [0.2, 0.25) is 0 Å². The number of aryl methyl sites for hydroxylation is 1. The Morgan fingerprint density at radius 2 is 1.90 bits per heavy atom. The Bertz CT molecular complexity index is 1070. The molecule has 0 aliphatic carbocycles. The predicted octanol–water partition coefficient (Wildman–Crippen LogP) is 3.23. The first-order chi connectivity index (χ1) is 14.7. The molecule has 1 amide bonds. The number of nitrogens with zero attached hydrogens (tertiary/aromatic N) is 4. The van der Waals surface area contributed by atoms with Crippen molar-refractivity contribution in [1.29, 1.82) is 0 Å². The van der Waals surface area contributed by atoms with E-state index in [1.807, 2.05) is 17.9 Å². The van der Waals surface area contributed by atoms with Crippen LogP contribution in [0.25, 0.3) is 11.3 Å². The van der Waals surface area contributed by atoms with Crippen LogP contribution in [-0.4, -0.2) is 52.2 Å². The van der Waals surface area contributed by atoms with Crippen LogP contribution in [0.3, 0.4) is 0 Å². The number of aromatic nitrogens is 3. The van der Waals surface area contributed by atoms with Crippen molar-refractivity contribution in [2.45, 2.75) is 25.7 Å². The van der Waals surface area contributed by atoms with Crippen LogP contribution in [0.5, 0.6) is 11.5 Å². The molecule has 0 unspecified atom stereocenters. The highest BCUT2D eigenvalue weighted by Gasteiger charge is 2.28. The number of hydrogen-bond acceptors (Lipinski definition) is 7. The highest BCUT2D eigenvalue weighted by molar-refractivity contribution is 5.95. The van der Waals surface area contributed by atoms with E-state index >= 15 is 0 Å². The van der Waals surface area contributed by atoms with Gasteiger partial charge in [-0.25, -0.2) is 9.97 Å². The molecule has 0 radical (unpaired) electrons. The average Bonchev–Trinajstić information content (AvgIpc) is 3.24. The van der Waals surface area contributed by atoms with Gasteiger partial charge in [0.05, 0.1) is 17.0 Å². The van der Waals surface area contributed by atoms with Crippen molar-refractivity contribution in [3.8, 4) is 22.8 Å². The molecule has 2 aromatic heterocycles. The van der Waals surface area contributed by atoms with Crippen molar-refractivity contribution in [2.75, 3.05) is 26.3 Å². The Labute approximate surface area is 173 Å². The summed E-state index contributed by atoms with van der Waals surface area (Å²) in [6.45, 7) is 4.25. The van der Waals surface area contributed by atoms with E-state index in [0.29, 0.717) is 49.1 Å². The van der Waals surface area contributed by atoms with Gasteiger partial charge in [0.1, 0.15) is 19.5 Å². The van der Waals surface area contributed by atoms with Gasteiger partial charge in [-0.15, -0.1) is 0 Å². The van der Waals surface area contributed by atoms with Gasteiger partial charge >= 0.3 is 0 Å². The quantitative estimate of drug-likeness (QED) is 0.659. The lowest BCUT2D eigenvalue weighted by atomic mass is 9.90. The maximum absolute atomic E-state index is 13.0. The average molecular weight is 406 g/mol. The number of rotatable bonds is 3. The maximum atomic E-state index is 13.0. The predicted molar refractivity (Wildman–Crippen MR) is 108 cm³/mol. The van der Waals surface area contributed by atoms with Crippen molar-refractivity contribution < 1.29 is 18.8 Å². The third-order valence-corrected chi connectivity index (χ3v) is 5.59.